The van der Waals surface area contributed by atoms with Crippen LogP contribution < -0.4 is 0 Å². The minimum absolute atomic E-state index is 0.0321. The molecule has 0 fully saturated rings. The standard InChI is InChI=1S/C10H8Br2F2O/c11-5-8(15)4-6-3-7(12)1-2-9(6)10(13)14/h1-3,10H,4-5H2. The molecule has 0 heterocycles. The van der Waals surface area contributed by atoms with Crippen molar-refractivity contribution >= 4 is 37.6 Å². The predicted octanol–water partition coefficient (Wildman–Crippen LogP) is 3.89. The molecule has 15 heavy (non-hydrogen) atoms. The van der Waals surface area contributed by atoms with Gasteiger partial charge in [0.05, 0.1) is 5.33 Å². The van der Waals surface area contributed by atoms with E-state index < -0.39 is 6.43 Å². The Bertz CT molecular complexity index is 366. The van der Waals surface area contributed by atoms with Gasteiger partial charge in [-0.2, -0.15) is 0 Å². The normalized spacial score (nSPS) is 10.7. The molecule has 0 atom stereocenters. The summed E-state index contributed by atoms with van der Waals surface area (Å²) in [5.41, 5.74) is 0.302. The molecule has 0 spiro atoms. The molecule has 0 aliphatic heterocycles. The fraction of sp³-hybridized carbons (Fsp3) is 0.300. The zero-order chi connectivity index (χ0) is 11.4. The van der Waals surface area contributed by atoms with Gasteiger partial charge in [-0.15, -0.1) is 0 Å². The van der Waals surface area contributed by atoms with Crippen LogP contribution in [0.2, 0.25) is 0 Å². The number of hydrogen-bond acceptors (Lipinski definition) is 1. The zero-order valence-electron chi connectivity index (χ0n) is 7.64. The van der Waals surface area contributed by atoms with Gasteiger partial charge in [-0.3, -0.25) is 4.79 Å². The van der Waals surface area contributed by atoms with Crippen molar-refractivity contribution in [3.05, 3.63) is 33.8 Å². The Hall–Kier alpha value is -0.290. The van der Waals surface area contributed by atoms with Gasteiger partial charge in [0.2, 0.25) is 0 Å². The predicted molar refractivity (Wildman–Crippen MR) is 61.6 cm³/mol. The molecular formula is C10H8Br2F2O. The quantitative estimate of drug-likeness (QED) is 0.759. The second kappa shape index (κ2) is 5.70. The summed E-state index contributed by atoms with van der Waals surface area (Å²) in [5, 5.41) is 0.183. The third kappa shape index (κ3) is 3.65. The van der Waals surface area contributed by atoms with Gasteiger partial charge in [-0.05, 0) is 17.7 Å². The van der Waals surface area contributed by atoms with E-state index in [4.69, 9.17) is 0 Å². The monoisotopic (exact) mass is 340 g/mol. The molecule has 1 rings (SSSR count). The van der Waals surface area contributed by atoms with Gasteiger partial charge in [0, 0.05) is 16.5 Å². The Morgan fingerprint density at radius 2 is 2.07 bits per heavy atom. The van der Waals surface area contributed by atoms with Gasteiger partial charge in [0.15, 0.2) is 0 Å². The van der Waals surface area contributed by atoms with Crippen LogP contribution in [-0.2, 0) is 11.2 Å². The molecule has 0 amide bonds. The molecule has 0 aliphatic carbocycles. The van der Waals surface area contributed by atoms with Crippen LogP contribution in [0.1, 0.15) is 17.6 Å². The van der Waals surface area contributed by atoms with Crippen molar-refractivity contribution in [1.29, 1.82) is 0 Å². The number of alkyl halides is 3. The summed E-state index contributed by atoms with van der Waals surface area (Å²) in [6.45, 7) is 0. The number of carbonyl (C=O) groups is 1. The highest BCUT2D eigenvalue weighted by molar-refractivity contribution is 9.10. The first-order valence-electron chi connectivity index (χ1n) is 4.18. The number of benzene rings is 1. The van der Waals surface area contributed by atoms with Crippen molar-refractivity contribution < 1.29 is 13.6 Å². The van der Waals surface area contributed by atoms with E-state index >= 15 is 0 Å². The lowest BCUT2D eigenvalue weighted by Gasteiger charge is -2.08. The highest BCUT2D eigenvalue weighted by Gasteiger charge is 2.14. The molecule has 0 radical (unpaired) electrons. The Labute approximate surface area is 103 Å². The largest absolute Gasteiger partial charge is 0.298 e. The molecular weight excluding hydrogens is 334 g/mol. The number of hydrogen-bond donors (Lipinski definition) is 0. The van der Waals surface area contributed by atoms with E-state index in [1.807, 2.05) is 0 Å². The van der Waals surface area contributed by atoms with Gasteiger partial charge in [0.25, 0.3) is 6.43 Å². The number of rotatable bonds is 4. The second-order valence-corrected chi connectivity index (χ2v) is 4.47. The molecule has 0 saturated heterocycles. The molecule has 0 aliphatic rings. The Morgan fingerprint density at radius 3 is 2.60 bits per heavy atom. The Kier molecular flexibility index (Phi) is 4.86. The van der Waals surface area contributed by atoms with Gasteiger partial charge < -0.3 is 0 Å². The maximum Gasteiger partial charge on any atom is 0.264 e. The molecule has 0 bridgehead atoms. The van der Waals surface area contributed by atoms with E-state index in [1.54, 1.807) is 12.1 Å². The number of ketones is 1. The lowest BCUT2D eigenvalue weighted by atomic mass is 10.0. The van der Waals surface area contributed by atoms with E-state index in [0.717, 1.165) is 0 Å². The molecule has 82 valence electrons. The number of Topliss-reactive ketones (excluding diaryl/α,β-unsaturated/α-hetero) is 1. The first-order chi connectivity index (χ1) is 7.04. The molecule has 0 aromatic heterocycles. The van der Waals surface area contributed by atoms with Crippen molar-refractivity contribution in [1.82, 2.24) is 0 Å². The van der Waals surface area contributed by atoms with Gasteiger partial charge in [-0.1, -0.05) is 37.9 Å². The lowest BCUT2D eigenvalue weighted by molar-refractivity contribution is -0.115. The number of carbonyl (C=O) groups excluding carboxylic acids is 1. The first kappa shape index (κ1) is 12.8. The van der Waals surface area contributed by atoms with Gasteiger partial charge in [-0.25, -0.2) is 8.78 Å². The second-order valence-electron chi connectivity index (χ2n) is 2.99. The van der Waals surface area contributed by atoms with Crippen LogP contribution in [0, 0.1) is 0 Å². The van der Waals surface area contributed by atoms with Crippen molar-refractivity contribution in [3.63, 3.8) is 0 Å². The lowest BCUT2D eigenvalue weighted by Crippen LogP contribution is -2.06. The SMILES string of the molecule is O=C(CBr)Cc1cc(Br)ccc1C(F)F. The van der Waals surface area contributed by atoms with Gasteiger partial charge >= 0.3 is 0 Å². The highest BCUT2D eigenvalue weighted by Crippen LogP contribution is 2.26. The van der Waals surface area contributed by atoms with Crippen LogP contribution in [0.25, 0.3) is 0 Å². The Balaban J connectivity index is 3.02. The van der Waals surface area contributed by atoms with E-state index in [2.05, 4.69) is 31.9 Å². The fourth-order valence-electron chi connectivity index (χ4n) is 1.20. The van der Waals surface area contributed by atoms with Crippen LogP contribution >= 0.6 is 31.9 Å². The van der Waals surface area contributed by atoms with E-state index in [-0.39, 0.29) is 23.1 Å². The van der Waals surface area contributed by atoms with Crippen LogP contribution in [-0.4, -0.2) is 11.1 Å². The topological polar surface area (TPSA) is 17.1 Å². The molecule has 0 N–H and O–H groups in total. The van der Waals surface area contributed by atoms with Crippen LogP contribution in [0.5, 0.6) is 0 Å². The summed E-state index contributed by atoms with van der Waals surface area (Å²) >= 11 is 6.19. The number of halogens is 4. The van der Waals surface area contributed by atoms with Crippen molar-refractivity contribution in [2.24, 2.45) is 0 Å². The van der Waals surface area contributed by atoms with Crippen LogP contribution in [0.15, 0.2) is 22.7 Å². The summed E-state index contributed by atoms with van der Waals surface area (Å²) in [5.74, 6) is -0.116. The molecule has 5 heteroatoms. The smallest absolute Gasteiger partial charge is 0.264 e. The summed E-state index contributed by atoms with van der Waals surface area (Å²) in [6, 6.07) is 4.44. The highest BCUT2D eigenvalue weighted by atomic mass is 79.9. The molecule has 1 aromatic carbocycles. The maximum atomic E-state index is 12.6. The van der Waals surface area contributed by atoms with E-state index in [1.165, 1.54) is 6.07 Å². The minimum Gasteiger partial charge on any atom is -0.298 e. The van der Waals surface area contributed by atoms with Crippen LogP contribution in [0.3, 0.4) is 0 Å². The van der Waals surface area contributed by atoms with Crippen LogP contribution in [0.4, 0.5) is 8.78 Å². The summed E-state index contributed by atoms with van der Waals surface area (Å²) in [6.07, 6.45) is -2.51. The van der Waals surface area contributed by atoms with Gasteiger partial charge in [0.1, 0.15) is 5.78 Å². The maximum absolute atomic E-state index is 12.6. The molecule has 0 saturated carbocycles. The van der Waals surface area contributed by atoms with E-state index in [9.17, 15) is 13.6 Å². The van der Waals surface area contributed by atoms with Crippen molar-refractivity contribution in [2.45, 2.75) is 12.8 Å². The minimum atomic E-state index is -2.55. The molecule has 0 unspecified atom stereocenters. The average Bonchev–Trinajstić information content (AvgIpc) is 2.17. The van der Waals surface area contributed by atoms with Crippen molar-refractivity contribution in [2.75, 3.05) is 5.33 Å². The zero-order valence-corrected chi connectivity index (χ0v) is 10.8. The molecule has 1 nitrogen and oxygen atoms in total. The fourth-order valence-corrected chi connectivity index (χ4v) is 1.81. The summed E-state index contributed by atoms with van der Waals surface area (Å²) < 4.78 is 25.8. The molecule has 1 aromatic rings. The Morgan fingerprint density at radius 1 is 1.40 bits per heavy atom. The average molecular weight is 342 g/mol. The third-order valence-electron chi connectivity index (χ3n) is 1.88. The third-order valence-corrected chi connectivity index (χ3v) is 3.00. The van der Waals surface area contributed by atoms with E-state index in [0.29, 0.717) is 10.0 Å². The van der Waals surface area contributed by atoms with Crippen molar-refractivity contribution in [3.8, 4) is 0 Å². The first-order valence-corrected chi connectivity index (χ1v) is 6.10. The summed E-state index contributed by atoms with van der Waals surface area (Å²) in [7, 11) is 0. The summed E-state index contributed by atoms with van der Waals surface area (Å²) in [4.78, 5) is 11.2.